The summed E-state index contributed by atoms with van der Waals surface area (Å²) in [6, 6.07) is 0. The van der Waals surface area contributed by atoms with E-state index in [1.54, 1.807) is 0 Å². The molecule has 0 aliphatic carbocycles. The van der Waals surface area contributed by atoms with Crippen molar-refractivity contribution in [2.24, 2.45) is 0 Å². The Kier molecular flexibility index (Phi) is 12.9. The first kappa shape index (κ1) is 15.8. The van der Waals surface area contributed by atoms with Crippen LogP contribution in [0, 0.1) is 0 Å². The Hall–Kier alpha value is 1.56. The molecule has 0 amide bonds. The molecule has 0 N–H and O–H groups in total. The fourth-order valence-corrected chi connectivity index (χ4v) is 0. The van der Waals surface area contributed by atoms with Crippen LogP contribution < -0.4 is 37.9 Å². The SMILES string of the molecule is O=[Se](=O)([O-])[O-].[Na+].[Se+]. The average molecular weight is 245 g/mol. The molecule has 37 valence electrons. The number of rotatable bonds is 0. The summed E-state index contributed by atoms with van der Waals surface area (Å²) in [6.45, 7) is 0. The van der Waals surface area contributed by atoms with Crippen molar-refractivity contribution < 1.29 is 45.6 Å². The third-order valence-corrected chi connectivity index (χ3v) is 0. The van der Waals surface area contributed by atoms with Crippen LogP contribution in [0.25, 0.3) is 0 Å². The number of hydrogen-bond acceptors (Lipinski definition) is 4. The molecule has 0 heterocycles. The van der Waals surface area contributed by atoms with Gasteiger partial charge in [0.05, 0.1) is 0 Å². The molecule has 7 heteroatoms. The van der Waals surface area contributed by atoms with Gasteiger partial charge in [-0.2, -0.15) is 0 Å². The minimum atomic E-state index is -5.75. The van der Waals surface area contributed by atoms with E-state index < -0.39 is 13.4 Å². The normalized spacial score (nSPS) is 8.29. The van der Waals surface area contributed by atoms with Crippen LogP contribution in [0.1, 0.15) is 0 Å². The molecule has 0 aromatic carbocycles. The van der Waals surface area contributed by atoms with Crippen LogP contribution in [0.5, 0.6) is 0 Å². The van der Waals surface area contributed by atoms with Crippen LogP contribution >= 0.6 is 0 Å². The zero-order valence-corrected chi connectivity index (χ0v) is 8.88. The Balaban J connectivity index is -0.0000000800. The smallest absolute Gasteiger partial charge is 1.00 e. The van der Waals surface area contributed by atoms with E-state index in [1.807, 2.05) is 0 Å². The second kappa shape index (κ2) is 5.69. The maximum absolute atomic E-state index is 8.59. The Morgan fingerprint density at radius 2 is 1.14 bits per heavy atom. The predicted octanol–water partition coefficient (Wildman–Crippen LogP) is -6.37. The van der Waals surface area contributed by atoms with E-state index in [-0.39, 0.29) is 46.6 Å². The van der Waals surface area contributed by atoms with Crippen molar-refractivity contribution in [3.8, 4) is 0 Å². The van der Waals surface area contributed by atoms with Gasteiger partial charge in [0.1, 0.15) is 0 Å². The van der Waals surface area contributed by atoms with E-state index >= 15 is 0 Å². The summed E-state index contributed by atoms with van der Waals surface area (Å²) in [5.41, 5.74) is 0. The van der Waals surface area contributed by atoms with Crippen molar-refractivity contribution in [1.82, 2.24) is 0 Å². The first-order valence-electron chi connectivity index (χ1n) is 0.667. The van der Waals surface area contributed by atoms with Crippen LogP contribution in [0.2, 0.25) is 0 Å². The van der Waals surface area contributed by atoms with Crippen LogP contribution in [-0.4, -0.2) is 30.4 Å². The van der Waals surface area contributed by atoms with Gasteiger partial charge in [-0.05, 0) is 0 Å². The van der Waals surface area contributed by atoms with Gasteiger partial charge in [-0.15, -0.1) is 0 Å². The molecule has 0 atom stereocenters. The Bertz CT molecular complexity index is 92.9. The van der Waals surface area contributed by atoms with Gasteiger partial charge >= 0.3 is 76.0 Å². The molecular formula is NaO4Se2. The molecule has 0 aliphatic heterocycles. The first-order chi connectivity index (χ1) is 2.00. The monoisotopic (exact) mass is 247 g/mol. The fourth-order valence-electron chi connectivity index (χ4n) is 0. The van der Waals surface area contributed by atoms with Gasteiger partial charge in [0, 0.05) is 0 Å². The van der Waals surface area contributed by atoms with Gasteiger partial charge in [-0.1, -0.05) is 0 Å². The second-order valence-electron chi connectivity index (χ2n) is 0.408. The number of hydrogen-bond donors (Lipinski definition) is 0. The predicted molar refractivity (Wildman–Crippen MR) is 12.9 cm³/mol. The molecule has 7 heavy (non-hydrogen) atoms. The summed E-state index contributed by atoms with van der Waals surface area (Å²) in [6.07, 6.45) is 0. The standard InChI is InChI=1S/Na.H2O4Se.Se/c;1-5(2,3)4;/h;(H2,1,2,3,4);/q+1;;+1/p-2. The summed E-state index contributed by atoms with van der Waals surface area (Å²) in [5.74, 6) is 0. The van der Waals surface area contributed by atoms with Gasteiger partial charge in [0.15, 0.2) is 0 Å². The molecule has 0 spiro atoms. The Labute approximate surface area is 75.3 Å². The molecule has 0 aliphatic rings. The maximum Gasteiger partial charge on any atom is 1.00 e. The maximum atomic E-state index is 8.59. The van der Waals surface area contributed by atoms with E-state index in [1.165, 1.54) is 0 Å². The Morgan fingerprint density at radius 1 is 1.14 bits per heavy atom. The molecule has 0 saturated carbocycles. The molecule has 0 saturated heterocycles. The van der Waals surface area contributed by atoms with Gasteiger partial charge in [-0.25, -0.2) is 0 Å². The van der Waals surface area contributed by atoms with Crippen molar-refractivity contribution in [2.45, 2.75) is 0 Å². The Morgan fingerprint density at radius 3 is 1.14 bits per heavy atom. The summed E-state index contributed by atoms with van der Waals surface area (Å²) in [4.78, 5) is 0. The van der Waals surface area contributed by atoms with E-state index in [9.17, 15) is 0 Å². The minimum Gasteiger partial charge on any atom is 1.00 e. The largest absolute Gasteiger partial charge is 1.00 e. The van der Waals surface area contributed by atoms with Crippen LogP contribution in [0.4, 0.5) is 0 Å². The molecule has 0 unspecified atom stereocenters. The molecule has 3 radical (unpaired) electrons. The van der Waals surface area contributed by atoms with Crippen LogP contribution in [0.15, 0.2) is 0 Å². The molecule has 0 rings (SSSR count). The van der Waals surface area contributed by atoms with Gasteiger partial charge in [-0.3, -0.25) is 0 Å². The topological polar surface area (TPSA) is 80.3 Å². The van der Waals surface area contributed by atoms with Gasteiger partial charge < -0.3 is 0 Å². The van der Waals surface area contributed by atoms with Gasteiger partial charge in [0.25, 0.3) is 0 Å². The molecule has 0 bridgehead atoms. The van der Waals surface area contributed by atoms with Crippen molar-refractivity contribution >= 4 is 30.4 Å². The van der Waals surface area contributed by atoms with Gasteiger partial charge in [0.2, 0.25) is 0 Å². The van der Waals surface area contributed by atoms with Crippen molar-refractivity contribution in [2.75, 3.05) is 0 Å². The van der Waals surface area contributed by atoms with Crippen LogP contribution in [0.3, 0.4) is 0 Å². The fraction of sp³-hybridized carbons (Fsp3) is 0. The first-order valence-corrected chi connectivity index (χ1v) is 3.46. The summed E-state index contributed by atoms with van der Waals surface area (Å²) < 4.78 is 34.4. The third-order valence-electron chi connectivity index (χ3n) is 0. The quantitative estimate of drug-likeness (QED) is 0.397. The van der Waals surface area contributed by atoms with Crippen molar-refractivity contribution in [3.05, 3.63) is 0 Å². The van der Waals surface area contributed by atoms with Crippen molar-refractivity contribution in [1.29, 1.82) is 0 Å². The summed E-state index contributed by atoms with van der Waals surface area (Å²) >= 11 is -5.75. The molecular weight excluding hydrogens is 245 g/mol. The van der Waals surface area contributed by atoms with E-state index in [0.717, 1.165) is 0 Å². The van der Waals surface area contributed by atoms with E-state index in [4.69, 9.17) is 16.0 Å². The van der Waals surface area contributed by atoms with Crippen LogP contribution in [-0.2, 0) is 7.67 Å². The van der Waals surface area contributed by atoms with E-state index in [0.29, 0.717) is 0 Å². The molecule has 0 aromatic heterocycles. The van der Waals surface area contributed by atoms with E-state index in [2.05, 4.69) is 0 Å². The molecule has 0 aromatic rings. The summed E-state index contributed by atoms with van der Waals surface area (Å²) in [7, 11) is 0. The zero-order valence-electron chi connectivity index (χ0n) is 3.45. The molecule has 4 nitrogen and oxygen atoms in total. The average Bonchev–Trinajstić information content (AvgIpc) is 0.722. The van der Waals surface area contributed by atoms with Crippen molar-refractivity contribution in [3.63, 3.8) is 0 Å². The zero-order chi connectivity index (χ0) is 4.50. The third kappa shape index (κ3) is 96.1. The molecule has 0 fully saturated rings. The summed E-state index contributed by atoms with van der Waals surface area (Å²) in [5, 5.41) is 0. The minimum absolute atomic E-state index is 0. The second-order valence-corrected chi connectivity index (χ2v) is 2.12.